The standard InChI is InChI=1S/C15H16ClNO.C9H13N.C9H18.C9H12.C8H14O.CH4/c1-11(2)12-6-7-15(14(16)9-12)18-10-13-5-3-4-8-17-13;1-7(2)9-4-8(3)5-10-6-9;2*1-8(2)9-6-4-3-5-7-9;1-7(2)8-3-5-9-6-4-8;/h3-9,11H,10H2,1-2H3;4-7H,1-3H3;8-9H,3-7H2,1-2H3;3-8H,1-2H3;3,7H,4-6H2,1-2H3;1H4. The zero-order valence-electron chi connectivity index (χ0n) is 36.2. The van der Waals surface area contributed by atoms with Gasteiger partial charge in [-0.05, 0) is 95.4 Å². The highest BCUT2D eigenvalue weighted by Gasteiger charge is 2.15. The van der Waals surface area contributed by atoms with Crippen molar-refractivity contribution in [3.8, 4) is 5.75 Å². The van der Waals surface area contributed by atoms with Crippen molar-refractivity contribution in [2.75, 3.05) is 13.2 Å². The minimum atomic E-state index is 0. The highest BCUT2D eigenvalue weighted by Crippen LogP contribution is 2.30. The predicted octanol–water partition coefficient (Wildman–Crippen LogP) is 15.6. The fourth-order valence-electron chi connectivity index (χ4n) is 6.23. The van der Waals surface area contributed by atoms with Gasteiger partial charge in [-0.1, -0.05) is 181 Å². The molecule has 0 N–H and O–H groups in total. The van der Waals surface area contributed by atoms with Gasteiger partial charge in [-0.3, -0.25) is 9.97 Å². The van der Waals surface area contributed by atoms with E-state index in [0.29, 0.717) is 41.1 Å². The molecule has 0 amide bonds. The molecule has 0 bridgehead atoms. The number of aromatic nitrogens is 2. The molecule has 0 radical (unpaired) electrons. The van der Waals surface area contributed by atoms with Crippen molar-refractivity contribution in [2.45, 2.75) is 146 Å². The molecule has 2 aromatic heterocycles. The van der Waals surface area contributed by atoms with Gasteiger partial charge in [0.05, 0.1) is 23.9 Å². The normalized spacial score (nSPS) is 13.8. The Morgan fingerprint density at radius 1 is 0.714 bits per heavy atom. The highest BCUT2D eigenvalue weighted by atomic mass is 35.5. The molecule has 0 spiro atoms. The number of rotatable bonds is 8. The summed E-state index contributed by atoms with van der Waals surface area (Å²) in [6.07, 6.45) is 16.4. The summed E-state index contributed by atoms with van der Waals surface area (Å²) >= 11 is 6.19. The molecule has 0 atom stereocenters. The van der Waals surface area contributed by atoms with E-state index in [0.717, 1.165) is 37.2 Å². The first-order valence-electron chi connectivity index (χ1n) is 20.8. The zero-order valence-corrected chi connectivity index (χ0v) is 36.9. The van der Waals surface area contributed by atoms with Gasteiger partial charge in [0.25, 0.3) is 0 Å². The predicted molar refractivity (Wildman–Crippen MR) is 244 cm³/mol. The Bertz CT molecular complexity index is 1590. The monoisotopic (exact) mass is 785 g/mol. The number of ether oxygens (including phenoxy) is 2. The van der Waals surface area contributed by atoms with Crippen LogP contribution in [-0.2, 0) is 11.3 Å². The number of hydrogen-bond donors (Lipinski definition) is 0. The molecule has 1 aliphatic carbocycles. The lowest BCUT2D eigenvalue weighted by Crippen LogP contribution is -2.12. The fraction of sp³-hybridized carbons (Fsp3) is 0.529. The topological polar surface area (TPSA) is 44.2 Å². The second kappa shape index (κ2) is 28.9. The molecule has 2 aliphatic rings. The van der Waals surface area contributed by atoms with E-state index in [1.54, 1.807) is 11.8 Å². The zero-order chi connectivity index (χ0) is 40.6. The molecule has 1 saturated carbocycles. The van der Waals surface area contributed by atoms with Crippen LogP contribution in [0.2, 0.25) is 5.02 Å². The average molecular weight is 786 g/mol. The van der Waals surface area contributed by atoms with E-state index in [-0.39, 0.29) is 7.43 Å². The summed E-state index contributed by atoms with van der Waals surface area (Å²) in [6.45, 7) is 26.5. The summed E-state index contributed by atoms with van der Waals surface area (Å²) in [7, 11) is 0. The molecule has 3 heterocycles. The van der Waals surface area contributed by atoms with Gasteiger partial charge in [0.2, 0.25) is 0 Å². The highest BCUT2D eigenvalue weighted by molar-refractivity contribution is 6.32. The van der Waals surface area contributed by atoms with Crippen molar-refractivity contribution in [1.82, 2.24) is 9.97 Å². The number of halogens is 1. The van der Waals surface area contributed by atoms with Gasteiger partial charge < -0.3 is 9.47 Å². The van der Waals surface area contributed by atoms with Crippen LogP contribution in [0.1, 0.15) is 161 Å². The minimum Gasteiger partial charge on any atom is -0.486 e. The molecule has 56 heavy (non-hydrogen) atoms. The summed E-state index contributed by atoms with van der Waals surface area (Å²) in [5, 5.41) is 0.650. The third-order valence-electron chi connectivity index (χ3n) is 10.1. The largest absolute Gasteiger partial charge is 0.486 e. The smallest absolute Gasteiger partial charge is 0.138 e. The first-order valence-corrected chi connectivity index (χ1v) is 21.2. The van der Waals surface area contributed by atoms with Crippen LogP contribution < -0.4 is 4.74 Å². The Balaban J connectivity index is 0.000000362. The lowest BCUT2D eigenvalue weighted by Gasteiger charge is -2.24. The Morgan fingerprint density at radius 3 is 1.79 bits per heavy atom. The molecule has 1 fully saturated rings. The van der Waals surface area contributed by atoms with Gasteiger partial charge in [-0.2, -0.15) is 0 Å². The summed E-state index contributed by atoms with van der Waals surface area (Å²) in [4.78, 5) is 8.31. The molecule has 2 aromatic carbocycles. The lowest BCUT2D eigenvalue weighted by molar-refractivity contribution is 0.151. The van der Waals surface area contributed by atoms with Gasteiger partial charge >= 0.3 is 0 Å². The molecule has 6 rings (SSSR count). The van der Waals surface area contributed by atoms with Crippen molar-refractivity contribution in [3.05, 3.63) is 136 Å². The van der Waals surface area contributed by atoms with E-state index in [1.807, 2.05) is 54.9 Å². The molecule has 1 aliphatic heterocycles. The fourth-order valence-corrected chi connectivity index (χ4v) is 6.47. The molecular formula is C51H77ClN2O2. The van der Waals surface area contributed by atoms with E-state index in [1.165, 1.54) is 54.4 Å². The molecular weight excluding hydrogens is 708 g/mol. The number of nitrogens with zero attached hydrogens (tertiary/aromatic N) is 2. The first kappa shape index (κ1) is 50.5. The van der Waals surface area contributed by atoms with E-state index in [2.05, 4.69) is 123 Å². The third-order valence-corrected chi connectivity index (χ3v) is 10.4. The van der Waals surface area contributed by atoms with Crippen LogP contribution in [0.5, 0.6) is 5.75 Å². The van der Waals surface area contributed by atoms with E-state index < -0.39 is 0 Å². The van der Waals surface area contributed by atoms with Crippen LogP contribution in [0.4, 0.5) is 0 Å². The van der Waals surface area contributed by atoms with Gasteiger partial charge in [0, 0.05) is 18.6 Å². The summed E-state index contributed by atoms with van der Waals surface area (Å²) < 4.78 is 10.8. The SMILES string of the molecule is C.CC(C)C1=CCOCC1.CC(C)C1CCCCC1.CC(C)c1ccc(OCc2ccccn2)c(Cl)c1.CC(C)c1ccccc1.Cc1cncc(C(C)C)c1. The van der Waals surface area contributed by atoms with Crippen molar-refractivity contribution >= 4 is 11.6 Å². The van der Waals surface area contributed by atoms with E-state index in [9.17, 15) is 0 Å². The van der Waals surface area contributed by atoms with Gasteiger partial charge in [-0.25, -0.2) is 0 Å². The summed E-state index contributed by atoms with van der Waals surface area (Å²) in [6, 6.07) is 24.4. The third kappa shape index (κ3) is 21.2. The average Bonchev–Trinajstić information content (AvgIpc) is 3.20. The van der Waals surface area contributed by atoms with Crippen molar-refractivity contribution < 1.29 is 9.47 Å². The quantitative estimate of drug-likeness (QED) is 0.167. The van der Waals surface area contributed by atoms with Crippen LogP contribution in [0.15, 0.2) is 103 Å². The van der Waals surface area contributed by atoms with E-state index >= 15 is 0 Å². The summed E-state index contributed by atoms with van der Waals surface area (Å²) in [5.41, 5.74) is 7.64. The number of hydrogen-bond acceptors (Lipinski definition) is 4. The van der Waals surface area contributed by atoms with Crippen molar-refractivity contribution in [1.29, 1.82) is 0 Å². The Morgan fingerprint density at radius 2 is 1.36 bits per heavy atom. The molecule has 0 unspecified atom stereocenters. The molecule has 0 saturated heterocycles. The van der Waals surface area contributed by atoms with Crippen LogP contribution in [-0.4, -0.2) is 23.2 Å². The van der Waals surface area contributed by atoms with Crippen molar-refractivity contribution in [3.63, 3.8) is 0 Å². The van der Waals surface area contributed by atoms with Gasteiger partial charge in [0.1, 0.15) is 12.4 Å². The maximum atomic E-state index is 6.19. The number of benzene rings is 2. The summed E-state index contributed by atoms with van der Waals surface area (Å²) in [5.74, 6) is 5.12. The van der Waals surface area contributed by atoms with Crippen LogP contribution in [0, 0.1) is 24.7 Å². The maximum Gasteiger partial charge on any atom is 0.138 e. The second-order valence-corrected chi connectivity index (χ2v) is 16.8. The Labute approximate surface area is 348 Å². The maximum absolute atomic E-state index is 6.19. The number of pyridine rings is 2. The second-order valence-electron chi connectivity index (χ2n) is 16.4. The number of aryl methyl sites for hydroxylation is 1. The first-order chi connectivity index (χ1) is 26.3. The Kier molecular flexibility index (Phi) is 26.0. The molecule has 4 aromatic rings. The minimum absolute atomic E-state index is 0. The van der Waals surface area contributed by atoms with Crippen LogP contribution >= 0.6 is 11.6 Å². The van der Waals surface area contributed by atoms with Crippen molar-refractivity contribution in [2.24, 2.45) is 17.8 Å². The van der Waals surface area contributed by atoms with Crippen LogP contribution in [0.3, 0.4) is 0 Å². The molecule has 310 valence electrons. The van der Waals surface area contributed by atoms with Crippen LogP contribution in [0.25, 0.3) is 0 Å². The Hall–Kier alpha value is -3.47. The molecule has 4 nitrogen and oxygen atoms in total. The van der Waals surface area contributed by atoms with E-state index in [4.69, 9.17) is 21.1 Å². The van der Waals surface area contributed by atoms with Gasteiger partial charge in [0.15, 0.2) is 0 Å². The molecule has 5 heteroatoms. The van der Waals surface area contributed by atoms with Gasteiger partial charge in [-0.15, -0.1) is 0 Å². The lowest BCUT2D eigenvalue weighted by atomic mass is 9.82.